The Morgan fingerprint density at radius 2 is 2.12 bits per heavy atom. The molecular formula is C12H23N3O2. The van der Waals surface area contributed by atoms with E-state index in [1.165, 1.54) is 0 Å². The van der Waals surface area contributed by atoms with E-state index in [1.807, 2.05) is 4.90 Å². The van der Waals surface area contributed by atoms with Crippen LogP contribution in [-0.4, -0.2) is 72.7 Å². The lowest BCUT2D eigenvalue weighted by molar-refractivity contribution is -0.133. The Morgan fingerprint density at radius 1 is 1.24 bits per heavy atom. The number of nitrogens with one attached hydrogen (secondary N) is 1. The smallest absolute Gasteiger partial charge is 0.237 e. The van der Waals surface area contributed by atoms with Crippen molar-refractivity contribution in [1.29, 1.82) is 0 Å². The fraction of sp³-hybridized carbons (Fsp3) is 0.917. The van der Waals surface area contributed by atoms with Gasteiger partial charge < -0.3 is 15.3 Å². The van der Waals surface area contributed by atoms with E-state index in [2.05, 4.69) is 10.2 Å². The van der Waals surface area contributed by atoms with Crippen molar-refractivity contribution in [3.05, 3.63) is 0 Å². The second kappa shape index (κ2) is 6.33. The first-order chi connectivity index (χ1) is 8.31. The van der Waals surface area contributed by atoms with Crippen molar-refractivity contribution >= 4 is 5.91 Å². The van der Waals surface area contributed by atoms with E-state index in [9.17, 15) is 9.90 Å². The fourth-order valence-corrected chi connectivity index (χ4v) is 2.70. The van der Waals surface area contributed by atoms with Crippen LogP contribution in [0.1, 0.15) is 19.3 Å². The highest BCUT2D eigenvalue weighted by Gasteiger charge is 2.28. The number of nitrogens with zero attached hydrogens (tertiary/aromatic N) is 2. The third-order valence-corrected chi connectivity index (χ3v) is 3.70. The van der Waals surface area contributed by atoms with Crippen molar-refractivity contribution in [2.24, 2.45) is 0 Å². The van der Waals surface area contributed by atoms with Gasteiger partial charge in [0.1, 0.15) is 0 Å². The molecule has 0 spiro atoms. The third kappa shape index (κ3) is 3.40. The zero-order valence-electron chi connectivity index (χ0n) is 10.4. The summed E-state index contributed by atoms with van der Waals surface area (Å²) in [6.07, 6.45) is 3.08. The summed E-state index contributed by atoms with van der Waals surface area (Å²) >= 11 is 0. The maximum atomic E-state index is 12.1. The zero-order chi connectivity index (χ0) is 12.1. The minimum Gasteiger partial charge on any atom is -0.394 e. The summed E-state index contributed by atoms with van der Waals surface area (Å²) in [6.45, 7) is 5.39. The first kappa shape index (κ1) is 12.8. The largest absolute Gasteiger partial charge is 0.394 e. The summed E-state index contributed by atoms with van der Waals surface area (Å²) in [6, 6.07) is 0.0626. The number of rotatable bonds is 3. The summed E-state index contributed by atoms with van der Waals surface area (Å²) in [4.78, 5) is 16.2. The zero-order valence-corrected chi connectivity index (χ0v) is 10.4. The van der Waals surface area contributed by atoms with Gasteiger partial charge in [-0.3, -0.25) is 9.69 Å². The number of aliphatic hydroxyl groups excluding tert-OH is 1. The fourth-order valence-electron chi connectivity index (χ4n) is 2.70. The second-order valence-electron chi connectivity index (χ2n) is 4.95. The number of likely N-dealkylation sites (tertiary alicyclic amines) is 1. The van der Waals surface area contributed by atoms with Gasteiger partial charge >= 0.3 is 0 Å². The molecule has 98 valence electrons. The lowest BCUT2D eigenvalue weighted by Crippen LogP contribution is -2.44. The van der Waals surface area contributed by atoms with Crippen LogP contribution in [0.25, 0.3) is 0 Å². The molecule has 2 saturated heterocycles. The van der Waals surface area contributed by atoms with Crippen molar-refractivity contribution in [2.45, 2.75) is 25.3 Å². The average Bonchev–Trinajstić information content (AvgIpc) is 2.68. The van der Waals surface area contributed by atoms with E-state index in [-0.39, 0.29) is 18.6 Å². The van der Waals surface area contributed by atoms with Crippen molar-refractivity contribution < 1.29 is 9.90 Å². The average molecular weight is 241 g/mol. The van der Waals surface area contributed by atoms with Crippen molar-refractivity contribution in [1.82, 2.24) is 15.1 Å². The number of carbonyl (C=O) groups excluding carboxylic acids is 1. The van der Waals surface area contributed by atoms with E-state index >= 15 is 0 Å². The number of amides is 1. The molecule has 0 radical (unpaired) electrons. The van der Waals surface area contributed by atoms with E-state index in [1.54, 1.807) is 0 Å². The van der Waals surface area contributed by atoms with Gasteiger partial charge in [0.2, 0.25) is 5.91 Å². The van der Waals surface area contributed by atoms with Gasteiger partial charge in [-0.1, -0.05) is 0 Å². The van der Waals surface area contributed by atoms with Crippen LogP contribution in [0.5, 0.6) is 0 Å². The predicted octanol–water partition coefficient (Wildman–Crippen LogP) is -0.735. The van der Waals surface area contributed by atoms with E-state index in [0.717, 1.165) is 52.0 Å². The highest BCUT2D eigenvalue weighted by Crippen LogP contribution is 2.17. The van der Waals surface area contributed by atoms with E-state index < -0.39 is 0 Å². The maximum Gasteiger partial charge on any atom is 0.237 e. The third-order valence-electron chi connectivity index (χ3n) is 3.70. The highest BCUT2D eigenvalue weighted by molar-refractivity contribution is 5.78. The molecule has 2 aliphatic rings. The van der Waals surface area contributed by atoms with Crippen LogP contribution in [0.2, 0.25) is 0 Å². The van der Waals surface area contributed by atoms with Crippen LogP contribution in [-0.2, 0) is 4.79 Å². The molecule has 1 atom stereocenters. The summed E-state index contributed by atoms with van der Waals surface area (Å²) in [5, 5.41) is 12.6. The SMILES string of the molecule is O=C(CN1CCCNCC1)N1CCCC1CO. The predicted molar refractivity (Wildman–Crippen MR) is 65.7 cm³/mol. The topological polar surface area (TPSA) is 55.8 Å². The number of aliphatic hydroxyl groups is 1. The van der Waals surface area contributed by atoms with Gasteiger partial charge in [0.05, 0.1) is 19.2 Å². The molecule has 17 heavy (non-hydrogen) atoms. The van der Waals surface area contributed by atoms with Gasteiger partial charge in [-0.15, -0.1) is 0 Å². The maximum absolute atomic E-state index is 12.1. The highest BCUT2D eigenvalue weighted by atomic mass is 16.3. The van der Waals surface area contributed by atoms with Gasteiger partial charge in [0, 0.05) is 19.6 Å². The Labute approximate surface area is 103 Å². The summed E-state index contributed by atoms with van der Waals surface area (Å²) in [5.74, 6) is 0.184. The van der Waals surface area contributed by atoms with Gasteiger partial charge in [0.15, 0.2) is 0 Å². The first-order valence-corrected chi connectivity index (χ1v) is 6.64. The molecule has 2 heterocycles. The molecule has 5 heteroatoms. The Balaban J connectivity index is 1.82. The molecule has 0 bridgehead atoms. The minimum absolute atomic E-state index is 0.0626. The van der Waals surface area contributed by atoms with E-state index in [4.69, 9.17) is 0 Å². The van der Waals surface area contributed by atoms with Crippen molar-refractivity contribution in [2.75, 3.05) is 45.9 Å². The number of carbonyl (C=O) groups is 1. The molecule has 2 fully saturated rings. The number of hydrogen-bond donors (Lipinski definition) is 2. The first-order valence-electron chi connectivity index (χ1n) is 6.64. The lowest BCUT2D eigenvalue weighted by Gasteiger charge is -2.27. The Hall–Kier alpha value is -0.650. The molecule has 2 N–H and O–H groups in total. The van der Waals surface area contributed by atoms with Gasteiger partial charge in [0.25, 0.3) is 0 Å². The standard InChI is InChI=1S/C12H23N3O2/c16-10-11-3-1-7-15(11)12(17)9-14-6-2-4-13-5-8-14/h11,13,16H,1-10H2. The van der Waals surface area contributed by atoms with Gasteiger partial charge in [-0.05, 0) is 32.4 Å². The van der Waals surface area contributed by atoms with Gasteiger partial charge in [-0.2, -0.15) is 0 Å². The van der Waals surface area contributed by atoms with Crippen LogP contribution < -0.4 is 5.32 Å². The molecule has 0 saturated carbocycles. The molecule has 1 unspecified atom stereocenters. The van der Waals surface area contributed by atoms with Crippen LogP contribution >= 0.6 is 0 Å². The monoisotopic (exact) mass is 241 g/mol. The number of hydrogen-bond acceptors (Lipinski definition) is 4. The Morgan fingerprint density at radius 3 is 2.94 bits per heavy atom. The van der Waals surface area contributed by atoms with Crippen LogP contribution in [0.4, 0.5) is 0 Å². The molecule has 2 aliphatic heterocycles. The van der Waals surface area contributed by atoms with Gasteiger partial charge in [-0.25, -0.2) is 0 Å². The van der Waals surface area contributed by atoms with Crippen LogP contribution in [0, 0.1) is 0 Å². The molecule has 1 amide bonds. The molecule has 0 aromatic carbocycles. The molecule has 0 aromatic heterocycles. The summed E-state index contributed by atoms with van der Waals surface area (Å²) < 4.78 is 0. The summed E-state index contributed by atoms with van der Waals surface area (Å²) in [7, 11) is 0. The van der Waals surface area contributed by atoms with Crippen molar-refractivity contribution in [3.8, 4) is 0 Å². The second-order valence-corrected chi connectivity index (χ2v) is 4.95. The Kier molecular flexibility index (Phi) is 4.76. The van der Waals surface area contributed by atoms with Crippen LogP contribution in [0.3, 0.4) is 0 Å². The minimum atomic E-state index is 0.0626. The molecule has 0 aliphatic carbocycles. The molecule has 5 nitrogen and oxygen atoms in total. The lowest BCUT2D eigenvalue weighted by atomic mass is 10.2. The van der Waals surface area contributed by atoms with Crippen LogP contribution in [0.15, 0.2) is 0 Å². The quantitative estimate of drug-likeness (QED) is 0.684. The van der Waals surface area contributed by atoms with E-state index in [0.29, 0.717) is 6.54 Å². The molecule has 2 rings (SSSR count). The normalized spacial score (nSPS) is 27.1. The summed E-state index contributed by atoms with van der Waals surface area (Å²) in [5.41, 5.74) is 0. The van der Waals surface area contributed by atoms with Crippen molar-refractivity contribution in [3.63, 3.8) is 0 Å². The molecule has 0 aromatic rings. The molecular weight excluding hydrogens is 218 g/mol. The Bertz CT molecular complexity index is 252.